The second-order valence-corrected chi connectivity index (χ2v) is 8.84. The molecule has 0 spiro atoms. The summed E-state index contributed by atoms with van der Waals surface area (Å²) in [6, 6.07) is 10.1. The van der Waals surface area contributed by atoms with Gasteiger partial charge in [0.15, 0.2) is 4.96 Å². The van der Waals surface area contributed by atoms with Gasteiger partial charge in [0.25, 0.3) is 11.8 Å². The number of carbonyl (C=O) groups excluding carboxylic acids is 2. The van der Waals surface area contributed by atoms with Gasteiger partial charge in [0.2, 0.25) is 0 Å². The Balaban J connectivity index is 1.43. The minimum absolute atomic E-state index is 0.0659. The SMILES string of the molecule is CNC(=O)c1ccc(-c2cn3c(n2)sc2cc(C(=O)NC4CCNCC4)ccc23)c(F)c1. The monoisotopic (exact) mass is 451 g/mol. The van der Waals surface area contributed by atoms with Crippen LogP contribution in [0.15, 0.2) is 42.6 Å². The van der Waals surface area contributed by atoms with E-state index in [9.17, 15) is 14.0 Å². The summed E-state index contributed by atoms with van der Waals surface area (Å²) in [5.41, 5.74) is 2.61. The number of nitrogens with one attached hydrogen (secondary N) is 3. The molecule has 1 fully saturated rings. The number of imidazole rings is 1. The van der Waals surface area contributed by atoms with Gasteiger partial charge in [-0.1, -0.05) is 11.3 Å². The van der Waals surface area contributed by atoms with Crippen molar-refractivity contribution >= 4 is 38.3 Å². The number of nitrogens with zero attached hydrogens (tertiary/aromatic N) is 2. The Hall–Kier alpha value is -3.30. The Morgan fingerprint density at radius 3 is 2.62 bits per heavy atom. The third-order valence-corrected chi connectivity index (χ3v) is 6.78. The molecule has 4 aromatic rings. The lowest BCUT2D eigenvalue weighted by Crippen LogP contribution is -2.42. The first-order chi connectivity index (χ1) is 15.5. The molecule has 3 N–H and O–H groups in total. The van der Waals surface area contributed by atoms with E-state index in [1.165, 1.54) is 24.5 Å². The van der Waals surface area contributed by atoms with E-state index in [0.29, 0.717) is 21.8 Å². The first-order valence-corrected chi connectivity index (χ1v) is 11.3. The summed E-state index contributed by atoms with van der Waals surface area (Å²) >= 11 is 1.45. The molecule has 2 aromatic carbocycles. The van der Waals surface area contributed by atoms with Crippen LogP contribution in [0.3, 0.4) is 0 Å². The lowest BCUT2D eigenvalue weighted by atomic mass is 10.1. The summed E-state index contributed by atoms with van der Waals surface area (Å²) in [6.45, 7) is 1.84. The van der Waals surface area contributed by atoms with E-state index in [4.69, 9.17) is 0 Å². The molecule has 9 heteroatoms. The molecule has 1 aliphatic heterocycles. The fraction of sp³-hybridized carbons (Fsp3) is 0.261. The molecule has 164 valence electrons. The van der Waals surface area contributed by atoms with Crippen molar-refractivity contribution < 1.29 is 14.0 Å². The number of fused-ring (bicyclic) bond motifs is 3. The Labute approximate surface area is 187 Å². The van der Waals surface area contributed by atoms with Crippen LogP contribution in [0, 0.1) is 5.82 Å². The number of hydrogen-bond acceptors (Lipinski definition) is 5. The highest BCUT2D eigenvalue weighted by Gasteiger charge is 2.18. The minimum Gasteiger partial charge on any atom is -0.355 e. The molecule has 7 nitrogen and oxygen atoms in total. The minimum atomic E-state index is -0.502. The first-order valence-electron chi connectivity index (χ1n) is 10.5. The standard InChI is InChI=1S/C23H22FN5O2S/c1-25-21(30)13-2-4-16(17(24)10-13)18-12-29-19-5-3-14(11-20(19)32-23(29)28-18)22(31)27-15-6-8-26-9-7-15/h2-5,10-12,15,26H,6-9H2,1H3,(H,25,30)(H,27,31). The van der Waals surface area contributed by atoms with Gasteiger partial charge in [0.05, 0.1) is 15.9 Å². The Kier molecular flexibility index (Phi) is 5.36. The summed E-state index contributed by atoms with van der Waals surface area (Å²) in [4.78, 5) is 29.7. The molecule has 1 saturated heterocycles. The van der Waals surface area contributed by atoms with Crippen LogP contribution in [0.25, 0.3) is 26.4 Å². The molecule has 5 rings (SSSR count). The van der Waals surface area contributed by atoms with Crippen molar-refractivity contribution in [3.05, 3.63) is 59.5 Å². The van der Waals surface area contributed by atoms with Gasteiger partial charge in [-0.25, -0.2) is 9.37 Å². The van der Waals surface area contributed by atoms with Crippen molar-refractivity contribution in [1.82, 2.24) is 25.3 Å². The molecule has 0 bridgehead atoms. The lowest BCUT2D eigenvalue weighted by Gasteiger charge is -2.23. The maximum absolute atomic E-state index is 14.6. The number of piperidine rings is 1. The van der Waals surface area contributed by atoms with Gasteiger partial charge < -0.3 is 16.0 Å². The van der Waals surface area contributed by atoms with Crippen LogP contribution < -0.4 is 16.0 Å². The quantitative estimate of drug-likeness (QED) is 0.445. The van der Waals surface area contributed by atoms with Crippen LogP contribution in [0.4, 0.5) is 4.39 Å². The molecule has 0 radical (unpaired) electrons. The largest absolute Gasteiger partial charge is 0.355 e. The van der Waals surface area contributed by atoms with E-state index in [1.807, 2.05) is 22.6 Å². The molecule has 0 unspecified atom stereocenters. The number of amides is 2. The molecule has 32 heavy (non-hydrogen) atoms. The Bertz CT molecular complexity index is 1340. The van der Waals surface area contributed by atoms with Gasteiger partial charge in [0, 0.05) is 36.0 Å². The number of benzene rings is 2. The normalized spacial score (nSPS) is 14.7. The van der Waals surface area contributed by atoms with Gasteiger partial charge in [-0.15, -0.1) is 0 Å². The van der Waals surface area contributed by atoms with Gasteiger partial charge in [-0.05, 0) is 62.3 Å². The van der Waals surface area contributed by atoms with Gasteiger partial charge in [-0.3, -0.25) is 14.0 Å². The average Bonchev–Trinajstić information content (AvgIpc) is 3.36. The fourth-order valence-corrected chi connectivity index (χ4v) is 5.06. The maximum Gasteiger partial charge on any atom is 0.251 e. The second-order valence-electron chi connectivity index (χ2n) is 7.83. The average molecular weight is 452 g/mol. The summed E-state index contributed by atoms with van der Waals surface area (Å²) in [7, 11) is 1.51. The smallest absolute Gasteiger partial charge is 0.251 e. The Morgan fingerprint density at radius 1 is 1.12 bits per heavy atom. The molecular weight excluding hydrogens is 429 g/mol. The molecule has 2 aromatic heterocycles. The van der Waals surface area contributed by atoms with Crippen molar-refractivity contribution in [2.75, 3.05) is 20.1 Å². The van der Waals surface area contributed by atoms with E-state index >= 15 is 0 Å². The predicted octanol–water partition coefficient (Wildman–Crippen LogP) is 3.20. The van der Waals surface area contributed by atoms with Crippen LogP contribution in [-0.2, 0) is 0 Å². The highest BCUT2D eigenvalue weighted by molar-refractivity contribution is 7.23. The van der Waals surface area contributed by atoms with E-state index in [0.717, 1.165) is 36.1 Å². The number of rotatable bonds is 4. The maximum atomic E-state index is 14.6. The zero-order valence-electron chi connectivity index (χ0n) is 17.4. The first kappa shape index (κ1) is 20.6. The van der Waals surface area contributed by atoms with Gasteiger partial charge in [-0.2, -0.15) is 0 Å². The van der Waals surface area contributed by atoms with Crippen molar-refractivity contribution in [2.45, 2.75) is 18.9 Å². The van der Waals surface area contributed by atoms with Crippen LogP contribution in [-0.4, -0.2) is 47.4 Å². The third-order valence-electron chi connectivity index (χ3n) is 5.77. The molecule has 1 aliphatic rings. The van der Waals surface area contributed by atoms with Crippen molar-refractivity contribution in [2.24, 2.45) is 0 Å². The fourth-order valence-electron chi connectivity index (χ4n) is 4.02. The lowest BCUT2D eigenvalue weighted by molar-refractivity contribution is 0.0928. The molecule has 0 atom stereocenters. The van der Waals surface area contributed by atoms with Crippen LogP contribution in [0.2, 0.25) is 0 Å². The third kappa shape index (κ3) is 3.74. The summed E-state index contributed by atoms with van der Waals surface area (Å²) in [6.07, 6.45) is 3.65. The predicted molar refractivity (Wildman–Crippen MR) is 123 cm³/mol. The second kappa shape index (κ2) is 8.33. The molecule has 3 heterocycles. The van der Waals surface area contributed by atoms with E-state index < -0.39 is 5.82 Å². The highest BCUT2D eigenvalue weighted by Crippen LogP contribution is 2.31. The number of thiazole rings is 1. The van der Waals surface area contributed by atoms with Gasteiger partial charge in [0.1, 0.15) is 5.82 Å². The topological polar surface area (TPSA) is 87.5 Å². The molecular formula is C23H22FN5O2S. The summed E-state index contributed by atoms with van der Waals surface area (Å²) in [5, 5.41) is 8.89. The van der Waals surface area contributed by atoms with E-state index in [1.54, 1.807) is 18.3 Å². The summed E-state index contributed by atoms with van der Waals surface area (Å²) < 4.78 is 17.5. The molecule has 2 amide bonds. The van der Waals surface area contributed by atoms with E-state index in [2.05, 4.69) is 20.9 Å². The van der Waals surface area contributed by atoms with Crippen LogP contribution in [0.5, 0.6) is 0 Å². The van der Waals surface area contributed by atoms with E-state index in [-0.39, 0.29) is 23.4 Å². The zero-order valence-corrected chi connectivity index (χ0v) is 18.3. The van der Waals surface area contributed by atoms with Crippen molar-refractivity contribution in [3.8, 4) is 11.3 Å². The van der Waals surface area contributed by atoms with Crippen molar-refractivity contribution in [1.29, 1.82) is 0 Å². The summed E-state index contributed by atoms with van der Waals surface area (Å²) in [5.74, 6) is -0.908. The van der Waals surface area contributed by atoms with Crippen molar-refractivity contribution in [3.63, 3.8) is 0 Å². The highest BCUT2D eigenvalue weighted by atomic mass is 32.1. The van der Waals surface area contributed by atoms with Crippen LogP contribution in [0.1, 0.15) is 33.6 Å². The molecule has 0 aliphatic carbocycles. The zero-order chi connectivity index (χ0) is 22.2. The Morgan fingerprint density at radius 2 is 1.88 bits per heavy atom. The molecule has 0 saturated carbocycles. The van der Waals surface area contributed by atoms with Crippen LogP contribution >= 0.6 is 11.3 Å². The number of carbonyl (C=O) groups is 2. The number of aromatic nitrogens is 2. The number of halogens is 1. The van der Waals surface area contributed by atoms with Gasteiger partial charge >= 0.3 is 0 Å². The number of hydrogen-bond donors (Lipinski definition) is 3.